The maximum Gasteiger partial charge on any atom is 0.125 e. The monoisotopic (exact) mass is 198 g/mol. The molecule has 0 bridgehead atoms. The lowest BCUT2D eigenvalue weighted by Gasteiger charge is -2.24. The smallest absolute Gasteiger partial charge is 0.125 e. The van der Waals surface area contributed by atoms with Crippen molar-refractivity contribution in [2.24, 2.45) is 11.8 Å². The molecule has 0 saturated carbocycles. The van der Waals surface area contributed by atoms with Crippen LogP contribution < -0.4 is 0 Å². The van der Waals surface area contributed by atoms with Crippen molar-refractivity contribution in [1.82, 2.24) is 0 Å². The van der Waals surface area contributed by atoms with E-state index >= 15 is 0 Å². The van der Waals surface area contributed by atoms with E-state index < -0.39 is 11.2 Å². The van der Waals surface area contributed by atoms with Crippen molar-refractivity contribution in [1.29, 1.82) is 0 Å². The van der Waals surface area contributed by atoms with Gasteiger partial charge in [-0.1, -0.05) is 39.5 Å². The number of hydrogen-bond donors (Lipinski definition) is 2. The minimum absolute atomic E-state index is 0.0537. The number of rotatable bonds is 2. The van der Waals surface area contributed by atoms with E-state index in [-0.39, 0.29) is 11.8 Å². The molecule has 0 rings (SSSR count). The van der Waals surface area contributed by atoms with E-state index in [9.17, 15) is 10.2 Å². The lowest BCUT2D eigenvalue weighted by atomic mass is 9.89. The van der Waals surface area contributed by atoms with Gasteiger partial charge >= 0.3 is 0 Å². The molecule has 0 heterocycles. The third-order valence-corrected chi connectivity index (χ3v) is 2.82. The fraction of sp³-hybridized carbons (Fsp3) is 0.833. The summed E-state index contributed by atoms with van der Waals surface area (Å²) in [7, 11) is 0. The van der Waals surface area contributed by atoms with Gasteiger partial charge in [0.2, 0.25) is 0 Å². The van der Waals surface area contributed by atoms with Gasteiger partial charge in [0.25, 0.3) is 0 Å². The van der Waals surface area contributed by atoms with Gasteiger partial charge in [0.1, 0.15) is 11.2 Å². The second-order valence-electron chi connectivity index (χ2n) is 4.85. The fourth-order valence-electron chi connectivity index (χ4n) is 0.542. The highest BCUT2D eigenvalue weighted by Gasteiger charge is 2.25. The molecular weight excluding hydrogens is 176 g/mol. The van der Waals surface area contributed by atoms with E-state index in [4.69, 9.17) is 0 Å². The van der Waals surface area contributed by atoms with E-state index in [0.29, 0.717) is 0 Å². The first-order chi connectivity index (χ1) is 6.09. The Morgan fingerprint density at radius 2 is 1.00 bits per heavy atom. The van der Waals surface area contributed by atoms with E-state index in [2.05, 4.69) is 11.8 Å². The van der Waals surface area contributed by atoms with Gasteiger partial charge in [-0.2, -0.15) is 0 Å². The molecule has 0 aromatic heterocycles. The van der Waals surface area contributed by atoms with Crippen LogP contribution in [0.15, 0.2) is 0 Å². The van der Waals surface area contributed by atoms with Crippen LogP contribution in [0.4, 0.5) is 0 Å². The molecule has 0 saturated heterocycles. The summed E-state index contributed by atoms with van der Waals surface area (Å²) in [6, 6.07) is 0. The summed E-state index contributed by atoms with van der Waals surface area (Å²) >= 11 is 0. The topological polar surface area (TPSA) is 40.5 Å². The van der Waals surface area contributed by atoms with Crippen molar-refractivity contribution in [3.63, 3.8) is 0 Å². The normalized spacial score (nSPS) is 19.9. The molecule has 0 fully saturated rings. The zero-order chi connectivity index (χ0) is 11.6. The molecule has 0 spiro atoms. The van der Waals surface area contributed by atoms with Crippen LogP contribution in [0, 0.1) is 23.7 Å². The van der Waals surface area contributed by atoms with Crippen molar-refractivity contribution in [2.75, 3.05) is 0 Å². The summed E-state index contributed by atoms with van der Waals surface area (Å²) in [5.74, 6) is 5.58. The Kier molecular flexibility index (Phi) is 4.17. The summed E-state index contributed by atoms with van der Waals surface area (Å²) in [6.45, 7) is 10.9. The van der Waals surface area contributed by atoms with Crippen molar-refractivity contribution in [2.45, 2.75) is 52.7 Å². The first-order valence-corrected chi connectivity index (χ1v) is 5.08. The Morgan fingerprint density at radius 1 is 0.786 bits per heavy atom. The summed E-state index contributed by atoms with van der Waals surface area (Å²) in [5.41, 5.74) is -2.06. The Morgan fingerprint density at radius 3 is 1.14 bits per heavy atom. The van der Waals surface area contributed by atoms with Gasteiger partial charge in [-0.15, -0.1) is 0 Å². The third-order valence-electron chi connectivity index (χ3n) is 2.82. The van der Waals surface area contributed by atoms with Gasteiger partial charge in [0, 0.05) is 0 Å². The summed E-state index contributed by atoms with van der Waals surface area (Å²) in [4.78, 5) is 0. The van der Waals surface area contributed by atoms with Crippen LogP contribution in [0.2, 0.25) is 0 Å². The van der Waals surface area contributed by atoms with Crippen molar-refractivity contribution in [3.8, 4) is 11.8 Å². The Hall–Kier alpha value is -0.520. The van der Waals surface area contributed by atoms with Gasteiger partial charge in [-0.25, -0.2) is 0 Å². The fourth-order valence-corrected chi connectivity index (χ4v) is 0.542. The largest absolute Gasteiger partial charge is 0.378 e. The lowest BCUT2D eigenvalue weighted by molar-refractivity contribution is 0.0611. The average molecular weight is 198 g/mol. The van der Waals surface area contributed by atoms with Crippen LogP contribution in [0.3, 0.4) is 0 Å². The third kappa shape index (κ3) is 3.69. The van der Waals surface area contributed by atoms with Gasteiger partial charge < -0.3 is 10.2 Å². The van der Waals surface area contributed by atoms with Crippen LogP contribution in [-0.2, 0) is 0 Å². The molecule has 0 unspecified atom stereocenters. The highest BCUT2D eigenvalue weighted by atomic mass is 16.3. The lowest BCUT2D eigenvalue weighted by Crippen LogP contribution is -2.33. The highest BCUT2D eigenvalue weighted by molar-refractivity contribution is 5.20. The zero-order valence-corrected chi connectivity index (χ0v) is 10.0. The minimum atomic E-state index is -1.03. The van der Waals surface area contributed by atoms with Gasteiger partial charge in [-0.05, 0) is 25.7 Å². The molecule has 2 nitrogen and oxygen atoms in total. The Balaban J connectivity index is 4.74. The second kappa shape index (κ2) is 4.33. The van der Waals surface area contributed by atoms with Crippen molar-refractivity contribution >= 4 is 0 Å². The maximum absolute atomic E-state index is 9.85. The molecule has 0 radical (unpaired) electrons. The zero-order valence-electron chi connectivity index (χ0n) is 10.0. The Bertz CT molecular complexity index is 215. The molecule has 0 aliphatic heterocycles. The SMILES string of the molecule is CC(C)[C@@](C)(O)C#C[C@@](C)(O)C(C)C. The molecule has 2 heteroatoms. The molecule has 0 aliphatic rings. The van der Waals surface area contributed by atoms with Crippen LogP contribution in [0.1, 0.15) is 41.5 Å². The molecule has 2 N–H and O–H groups in total. The van der Waals surface area contributed by atoms with Gasteiger partial charge in [0.15, 0.2) is 0 Å². The second-order valence-corrected chi connectivity index (χ2v) is 4.85. The van der Waals surface area contributed by atoms with E-state index in [1.807, 2.05) is 27.7 Å². The molecule has 0 aromatic rings. The summed E-state index contributed by atoms with van der Waals surface area (Å²) in [6.07, 6.45) is 0. The molecule has 0 amide bonds. The molecule has 0 aliphatic carbocycles. The minimum Gasteiger partial charge on any atom is -0.378 e. The number of aliphatic hydroxyl groups is 2. The Labute approximate surface area is 87.3 Å². The van der Waals surface area contributed by atoms with E-state index in [1.165, 1.54) is 0 Å². The van der Waals surface area contributed by atoms with Crippen LogP contribution in [0.25, 0.3) is 0 Å². The quantitative estimate of drug-likeness (QED) is 0.664. The first kappa shape index (κ1) is 13.5. The predicted octanol–water partition coefficient (Wildman–Crippen LogP) is 1.80. The summed E-state index contributed by atoms with van der Waals surface area (Å²) in [5, 5.41) is 19.7. The maximum atomic E-state index is 9.85. The predicted molar refractivity (Wildman–Crippen MR) is 58.7 cm³/mol. The van der Waals surface area contributed by atoms with Crippen LogP contribution in [-0.4, -0.2) is 21.4 Å². The van der Waals surface area contributed by atoms with Gasteiger partial charge in [-0.3, -0.25) is 0 Å². The van der Waals surface area contributed by atoms with Crippen LogP contribution >= 0.6 is 0 Å². The average Bonchev–Trinajstić information content (AvgIpc) is 2.01. The molecule has 82 valence electrons. The van der Waals surface area contributed by atoms with Crippen LogP contribution in [0.5, 0.6) is 0 Å². The molecule has 2 atom stereocenters. The van der Waals surface area contributed by atoms with Gasteiger partial charge in [0.05, 0.1) is 0 Å². The van der Waals surface area contributed by atoms with E-state index in [0.717, 1.165) is 0 Å². The summed E-state index contributed by atoms with van der Waals surface area (Å²) < 4.78 is 0. The molecule has 0 aromatic carbocycles. The standard InChI is InChI=1S/C12H22O2/c1-9(2)11(5,13)7-8-12(6,14)10(3)4/h9-10,13-14H,1-6H3/t11-,12+. The highest BCUT2D eigenvalue weighted by Crippen LogP contribution is 2.18. The number of hydrogen-bond acceptors (Lipinski definition) is 2. The van der Waals surface area contributed by atoms with Crippen molar-refractivity contribution in [3.05, 3.63) is 0 Å². The molecule has 14 heavy (non-hydrogen) atoms. The van der Waals surface area contributed by atoms with E-state index in [1.54, 1.807) is 13.8 Å². The first-order valence-electron chi connectivity index (χ1n) is 5.08. The van der Waals surface area contributed by atoms with Crippen molar-refractivity contribution < 1.29 is 10.2 Å². The molecular formula is C12H22O2.